The number of nitrogens with one attached hydrogen (secondary N) is 2. The Morgan fingerprint density at radius 1 is 1.00 bits per heavy atom. The fourth-order valence-electron chi connectivity index (χ4n) is 2.23. The first-order chi connectivity index (χ1) is 10.9. The molecule has 0 fully saturated rings. The predicted octanol–water partition coefficient (Wildman–Crippen LogP) is 5.98. The van der Waals surface area contributed by atoms with Crippen molar-refractivity contribution in [2.45, 2.75) is 65.7 Å². The highest BCUT2D eigenvalue weighted by Gasteiger charge is 2.06. The van der Waals surface area contributed by atoms with Crippen LogP contribution >= 0.6 is 0 Å². The molecule has 130 valence electrons. The summed E-state index contributed by atoms with van der Waals surface area (Å²) in [5.74, 6) is 0.807. The van der Waals surface area contributed by atoms with E-state index in [9.17, 15) is 0 Å². The van der Waals surface area contributed by atoms with E-state index in [2.05, 4.69) is 63.3 Å². The maximum atomic E-state index is 4.32. The van der Waals surface area contributed by atoms with Crippen LogP contribution in [0.25, 0.3) is 0 Å². The van der Waals surface area contributed by atoms with Gasteiger partial charge in [-0.2, -0.15) is 0 Å². The van der Waals surface area contributed by atoms with Crippen LogP contribution in [0.1, 0.15) is 65.7 Å². The molecule has 0 rings (SSSR count). The molecule has 2 nitrogen and oxygen atoms in total. The average Bonchev–Trinajstić information content (AvgIpc) is 2.51. The topological polar surface area (TPSA) is 24.1 Å². The molecule has 23 heavy (non-hydrogen) atoms. The SMILES string of the molecule is C=C(C)CCC(=C)/C(=C\C(=C/CC)NC(=C)NC)CCCCC. The normalized spacial score (nSPS) is 12.0. The third kappa shape index (κ3) is 10.6. The van der Waals surface area contributed by atoms with Crippen molar-refractivity contribution >= 4 is 0 Å². The lowest BCUT2D eigenvalue weighted by atomic mass is 9.95. The van der Waals surface area contributed by atoms with Crippen LogP contribution in [0.4, 0.5) is 0 Å². The smallest absolute Gasteiger partial charge is 0.0954 e. The van der Waals surface area contributed by atoms with E-state index in [-0.39, 0.29) is 0 Å². The maximum Gasteiger partial charge on any atom is 0.0954 e. The molecule has 0 saturated carbocycles. The molecule has 0 heterocycles. The van der Waals surface area contributed by atoms with Gasteiger partial charge in [0.05, 0.1) is 5.82 Å². The average molecular weight is 317 g/mol. The molecule has 0 amide bonds. The zero-order valence-electron chi connectivity index (χ0n) is 15.7. The minimum Gasteiger partial charge on any atom is -0.375 e. The Labute approximate surface area is 144 Å². The number of unbranched alkanes of at least 4 members (excludes halogenated alkanes) is 2. The van der Waals surface area contributed by atoms with Gasteiger partial charge in [0.15, 0.2) is 0 Å². The molecule has 0 radical (unpaired) electrons. The summed E-state index contributed by atoms with van der Waals surface area (Å²) in [6.07, 6.45) is 12.2. The predicted molar refractivity (Wildman–Crippen MR) is 105 cm³/mol. The van der Waals surface area contributed by atoms with E-state index in [0.29, 0.717) is 0 Å². The Hall–Kier alpha value is -1.70. The number of rotatable bonds is 13. The summed E-state index contributed by atoms with van der Waals surface area (Å²) in [6.45, 7) is 18.7. The summed E-state index contributed by atoms with van der Waals surface area (Å²) < 4.78 is 0. The van der Waals surface area contributed by atoms with E-state index in [1.165, 1.54) is 36.0 Å². The van der Waals surface area contributed by atoms with Crippen LogP contribution in [0.2, 0.25) is 0 Å². The molecule has 0 unspecified atom stereocenters. The Bertz CT molecular complexity index is 452. The third-order valence-electron chi connectivity index (χ3n) is 3.71. The van der Waals surface area contributed by atoms with Crippen molar-refractivity contribution in [3.63, 3.8) is 0 Å². The molecule has 0 aliphatic heterocycles. The molecule has 0 bridgehead atoms. The molecular formula is C21H36N2. The lowest BCUT2D eigenvalue weighted by Crippen LogP contribution is -2.21. The Morgan fingerprint density at radius 2 is 1.70 bits per heavy atom. The van der Waals surface area contributed by atoms with Crippen molar-refractivity contribution in [2.75, 3.05) is 7.05 Å². The Kier molecular flexibility index (Phi) is 11.9. The van der Waals surface area contributed by atoms with Gasteiger partial charge in [-0.3, -0.25) is 0 Å². The van der Waals surface area contributed by atoms with Crippen LogP contribution in [-0.4, -0.2) is 7.05 Å². The molecule has 0 aromatic carbocycles. The van der Waals surface area contributed by atoms with Crippen molar-refractivity contribution in [1.29, 1.82) is 0 Å². The van der Waals surface area contributed by atoms with Gasteiger partial charge in [0.25, 0.3) is 0 Å². The van der Waals surface area contributed by atoms with Crippen LogP contribution in [0, 0.1) is 0 Å². The highest BCUT2D eigenvalue weighted by atomic mass is 15.1. The number of hydrogen-bond acceptors (Lipinski definition) is 2. The van der Waals surface area contributed by atoms with Crippen LogP contribution in [-0.2, 0) is 0 Å². The van der Waals surface area contributed by atoms with E-state index >= 15 is 0 Å². The minimum atomic E-state index is 0.807. The third-order valence-corrected chi connectivity index (χ3v) is 3.71. The van der Waals surface area contributed by atoms with Crippen LogP contribution < -0.4 is 10.6 Å². The van der Waals surface area contributed by atoms with Gasteiger partial charge in [0.2, 0.25) is 0 Å². The highest BCUT2D eigenvalue weighted by Crippen LogP contribution is 2.23. The molecular weight excluding hydrogens is 280 g/mol. The largest absolute Gasteiger partial charge is 0.375 e. The van der Waals surface area contributed by atoms with Crippen molar-refractivity contribution in [1.82, 2.24) is 10.6 Å². The molecule has 0 aromatic heterocycles. The standard InChI is InChI=1S/C21H36N2/c1-8-10-11-13-20(18(5)15-14-17(3)4)16-21(12-9-2)23-19(6)22-7/h12,16,22-23H,3,5-6,8-11,13-15H2,1-2,4,7H3/b20-16-,21-12+. The lowest BCUT2D eigenvalue weighted by Gasteiger charge is -2.15. The zero-order valence-corrected chi connectivity index (χ0v) is 15.7. The summed E-state index contributed by atoms with van der Waals surface area (Å²) in [5, 5.41) is 6.37. The molecule has 0 aliphatic carbocycles. The second-order valence-corrected chi connectivity index (χ2v) is 6.11. The monoisotopic (exact) mass is 316 g/mol. The van der Waals surface area contributed by atoms with Gasteiger partial charge in [-0.05, 0) is 50.7 Å². The van der Waals surface area contributed by atoms with Gasteiger partial charge < -0.3 is 10.6 Å². The zero-order chi connectivity index (χ0) is 17.7. The van der Waals surface area contributed by atoms with Crippen molar-refractivity contribution < 1.29 is 0 Å². The van der Waals surface area contributed by atoms with Gasteiger partial charge in [0, 0.05) is 12.7 Å². The molecule has 0 spiro atoms. The van der Waals surface area contributed by atoms with Gasteiger partial charge in [-0.15, -0.1) is 6.58 Å². The summed E-state index contributed by atoms with van der Waals surface area (Å²) in [5.41, 5.74) is 4.87. The van der Waals surface area contributed by atoms with Gasteiger partial charge >= 0.3 is 0 Å². The summed E-state index contributed by atoms with van der Waals surface area (Å²) >= 11 is 0. The second-order valence-electron chi connectivity index (χ2n) is 6.11. The summed E-state index contributed by atoms with van der Waals surface area (Å²) in [6, 6.07) is 0. The van der Waals surface area contributed by atoms with Gasteiger partial charge in [-0.1, -0.05) is 57.1 Å². The first-order valence-corrected chi connectivity index (χ1v) is 8.81. The lowest BCUT2D eigenvalue weighted by molar-refractivity contribution is 0.710. The van der Waals surface area contributed by atoms with E-state index in [1.807, 2.05) is 7.05 Å². The van der Waals surface area contributed by atoms with Crippen LogP contribution in [0.15, 0.2) is 60.1 Å². The van der Waals surface area contributed by atoms with E-state index in [0.717, 1.165) is 37.2 Å². The first-order valence-electron chi connectivity index (χ1n) is 8.81. The van der Waals surface area contributed by atoms with E-state index in [4.69, 9.17) is 0 Å². The van der Waals surface area contributed by atoms with Crippen LogP contribution in [0.3, 0.4) is 0 Å². The molecule has 0 aromatic rings. The van der Waals surface area contributed by atoms with Gasteiger partial charge in [0.1, 0.15) is 0 Å². The van der Waals surface area contributed by atoms with Crippen molar-refractivity contribution in [3.8, 4) is 0 Å². The van der Waals surface area contributed by atoms with Crippen LogP contribution in [0.5, 0.6) is 0 Å². The van der Waals surface area contributed by atoms with Crippen molar-refractivity contribution in [2.24, 2.45) is 0 Å². The number of allylic oxidation sites excluding steroid dienone is 5. The fourth-order valence-corrected chi connectivity index (χ4v) is 2.23. The molecule has 0 aliphatic rings. The molecule has 2 N–H and O–H groups in total. The quantitative estimate of drug-likeness (QED) is 0.248. The molecule has 2 heteroatoms. The van der Waals surface area contributed by atoms with Crippen molar-refractivity contribution in [3.05, 3.63) is 60.1 Å². The Balaban J connectivity index is 5.16. The highest BCUT2D eigenvalue weighted by molar-refractivity contribution is 5.36. The van der Waals surface area contributed by atoms with E-state index < -0.39 is 0 Å². The van der Waals surface area contributed by atoms with E-state index in [1.54, 1.807) is 0 Å². The fraction of sp³-hybridized carbons (Fsp3) is 0.524. The summed E-state index contributed by atoms with van der Waals surface area (Å²) in [4.78, 5) is 0. The molecule has 0 saturated heterocycles. The molecule has 0 atom stereocenters. The summed E-state index contributed by atoms with van der Waals surface area (Å²) in [7, 11) is 1.87. The maximum absolute atomic E-state index is 4.32. The van der Waals surface area contributed by atoms with Gasteiger partial charge in [-0.25, -0.2) is 0 Å². The second kappa shape index (κ2) is 12.8. The minimum absolute atomic E-state index is 0.807. The first kappa shape index (κ1) is 21.3. The number of hydrogen-bond donors (Lipinski definition) is 2. The Morgan fingerprint density at radius 3 is 2.22 bits per heavy atom.